The lowest BCUT2D eigenvalue weighted by Gasteiger charge is -2.30. The number of pyridine rings is 1. The van der Waals surface area contributed by atoms with Gasteiger partial charge in [-0.15, -0.1) is 0 Å². The molecule has 1 saturated heterocycles. The highest BCUT2D eigenvalue weighted by Crippen LogP contribution is 2.12. The molecule has 2 rings (SSSR count). The van der Waals surface area contributed by atoms with Crippen LogP contribution in [0.4, 0.5) is 10.5 Å². The highest BCUT2D eigenvalue weighted by molar-refractivity contribution is 5.90. The molecule has 0 radical (unpaired) electrons. The van der Waals surface area contributed by atoms with Crippen molar-refractivity contribution < 1.29 is 19.8 Å². The number of hydrogen-bond acceptors (Lipinski definition) is 4. The van der Waals surface area contributed by atoms with Crippen LogP contribution in [0.1, 0.15) is 23.3 Å². The Morgan fingerprint density at radius 2 is 2.21 bits per heavy atom. The number of aromatic carboxylic acids is 1. The topological polar surface area (TPSA) is 103 Å². The Hall–Kier alpha value is -2.15. The van der Waals surface area contributed by atoms with Gasteiger partial charge in [0.1, 0.15) is 5.69 Å². The minimum atomic E-state index is -1.11. The number of carbonyl (C=O) groups is 2. The second-order valence-electron chi connectivity index (χ2n) is 4.41. The first-order valence-corrected chi connectivity index (χ1v) is 5.99. The fraction of sp³-hybridized carbons (Fsp3) is 0.417. The van der Waals surface area contributed by atoms with E-state index in [1.54, 1.807) is 0 Å². The quantitative estimate of drug-likeness (QED) is 0.732. The van der Waals surface area contributed by atoms with Crippen LogP contribution in [0.3, 0.4) is 0 Å². The van der Waals surface area contributed by atoms with Gasteiger partial charge < -0.3 is 20.4 Å². The number of anilines is 1. The maximum Gasteiger partial charge on any atom is 0.354 e. The van der Waals surface area contributed by atoms with Crippen molar-refractivity contribution >= 4 is 17.7 Å². The molecule has 2 amide bonds. The zero-order chi connectivity index (χ0) is 13.8. The van der Waals surface area contributed by atoms with Crippen LogP contribution >= 0.6 is 0 Å². The SMILES string of the molecule is O=C(O)c1ccc(NC(=O)N2CCCC(O)C2)cn1. The molecule has 7 heteroatoms. The average Bonchev–Trinajstić information content (AvgIpc) is 2.39. The van der Waals surface area contributed by atoms with E-state index in [0.717, 1.165) is 6.42 Å². The number of aromatic nitrogens is 1. The maximum atomic E-state index is 11.9. The molecule has 3 N–H and O–H groups in total. The second kappa shape index (κ2) is 5.66. The third kappa shape index (κ3) is 3.41. The molecule has 1 aromatic rings. The molecule has 1 aliphatic heterocycles. The third-order valence-electron chi connectivity index (χ3n) is 2.92. The Kier molecular flexibility index (Phi) is 3.96. The summed E-state index contributed by atoms with van der Waals surface area (Å²) in [6.07, 6.45) is 2.29. The minimum Gasteiger partial charge on any atom is -0.477 e. The van der Waals surface area contributed by atoms with Gasteiger partial charge in [-0.25, -0.2) is 14.6 Å². The van der Waals surface area contributed by atoms with Crippen molar-refractivity contribution in [3.05, 3.63) is 24.0 Å². The van der Waals surface area contributed by atoms with Crippen molar-refractivity contribution in [2.75, 3.05) is 18.4 Å². The number of carboxylic acids is 1. The molecule has 0 spiro atoms. The van der Waals surface area contributed by atoms with Gasteiger partial charge in [-0.1, -0.05) is 0 Å². The van der Waals surface area contributed by atoms with E-state index in [1.165, 1.54) is 23.2 Å². The van der Waals surface area contributed by atoms with E-state index < -0.39 is 12.1 Å². The van der Waals surface area contributed by atoms with Crippen molar-refractivity contribution in [1.82, 2.24) is 9.88 Å². The van der Waals surface area contributed by atoms with Gasteiger partial charge >= 0.3 is 12.0 Å². The lowest BCUT2D eigenvalue weighted by molar-refractivity contribution is 0.0690. The summed E-state index contributed by atoms with van der Waals surface area (Å²) < 4.78 is 0. The molecule has 1 unspecified atom stereocenters. The number of piperidine rings is 1. The Bertz CT molecular complexity index is 474. The summed E-state index contributed by atoms with van der Waals surface area (Å²) >= 11 is 0. The minimum absolute atomic E-state index is 0.0774. The molecule has 1 aliphatic rings. The van der Waals surface area contributed by atoms with Crippen molar-refractivity contribution in [2.45, 2.75) is 18.9 Å². The molecule has 0 bridgehead atoms. The number of nitrogens with one attached hydrogen (secondary N) is 1. The maximum absolute atomic E-state index is 11.9. The van der Waals surface area contributed by atoms with Crippen molar-refractivity contribution in [3.8, 4) is 0 Å². The molecule has 0 aliphatic carbocycles. The number of hydrogen-bond donors (Lipinski definition) is 3. The summed E-state index contributed by atoms with van der Waals surface area (Å²) in [7, 11) is 0. The van der Waals surface area contributed by atoms with E-state index in [1.807, 2.05) is 0 Å². The molecule has 2 heterocycles. The number of aliphatic hydroxyl groups is 1. The van der Waals surface area contributed by atoms with E-state index in [9.17, 15) is 14.7 Å². The zero-order valence-electron chi connectivity index (χ0n) is 10.2. The molecule has 7 nitrogen and oxygen atoms in total. The predicted molar refractivity (Wildman–Crippen MR) is 67.0 cm³/mol. The van der Waals surface area contributed by atoms with Crippen LogP contribution in [0.25, 0.3) is 0 Å². The van der Waals surface area contributed by atoms with Gasteiger partial charge in [0.2, 0.25) is 0 Å². The Balaban J connectivity index is 1.96. The molecule has 0 aromatic carbocycles. The van der Waals surface area contributed by atoms with E-state index in [-0.39, 0.29) is 11.7 Å². The molecule has 19 heavy (non-hydrogen) atoms. The summed E-state index contributed by atoms with van der Waals surface area (Å²) in [6, 6.07) is 2.49. The molecule has 1 atom stereocenters. The molecular weight excluding hydrogens is 250 g/mol. The van der Waals surface area contributed by atoms with Gasteiger partial charge in [-0.3, -0.25) is 0 Å². The molecule has 0 saturated carbocycles. The average molecular weight is 265 g/mol. The van der Waals surface area contributed by atoms with E-state index in [4.69, 9.17) is 5.11 Å². The lowest BCUT2D eigenvalue weighted by atomic mass is 10.1. The van der Waals surface area contributed by atoms with Gasteiger partial charge in [0.25, 0.3) is 0 Å². The molecule has 1 fully saturated rings. The molecular formula is C12H15N3O4. The van der Waals surface area contributed by atoms with Gasteiger partial charge in [-0.2, -0.15) is 0 Å². The molecule has 1 aromatic heterocycles. The van der Waals surface area contributed by atoms with Gasteiger partial charge in [0.05, 0.1) is 18.0 Å². The number of carboxylic acid groups (broad SMARTS) is 1. The van der Waals surface area contributed by atoms with Crippen LogP contribution < -0.4 is 5.32 Å². The van der Waals surface area contributed by atoms with Gasteiger partial charge in [0, 0.05) is 13.1 Å². The number of urea groups is 1. The Labute approximate surface area is 109 Å². The zero-order valence-corrected chi connectivity index (χ0v) is 10.2. The van der Waals surface area contributed by atoms with Gasteiger partial charge in [0.15, 0.2) is 0 Å². The normalized spacial score (nSPS) is 19.0. The van der Waals surface area contributed by atoms with Crippen LogP contribution in [0.15, 0.2) is 18.3 Å². The number of rotatable bonds is 2. The number of likely N-dealkylation sites (tertiary alicyclic amines) is 1. The fourth-order valence-corrected chi connectivity index (χ4v) is 1.94. The van der Waals surface area contributed by atoms with E-state index in [0.29, 0.717) is 25.2 Å². The first-order chi connectivity index (χ1) is 9.06. The summed E-state index contributed by atoms with van der Waals surface area (Å²) in [5, 5.41) is 20.8. The summed E-state index contributed by atoms with van der Waals surface area (Å²) in [5.41, 5.74) is 0.349. The summed E-state index contributed by atoms with van der Waals surface area (Å²) in [4.78, 5) is 27.8. The van der Waals surface area contributed by atoms with Crippen LogP contribution in [-0.4, -0.2) is 51.3 Å². The van der Waals surface area contributed by atoms with Crippen LogP contribution in [0, 0.1) is 0 Å². The lowest BCUT2D eigenvalue weighted by Crippen LogP contribution is -2.44. The van der Waals surface area contributed by atoms with Crippen LogP contribution in [-0.2, 0) is 0 Å². The second-order valence-corrected chi connectivity index (χ2v) is 4.41. The fourth-order valence-electron chi connectivity index (χ4n) is 1.94. The summed E-state index contributed by atoms with van der Waals surface area (Å²) in [5.74, 6) is -1.11. The van der Waals surface area contributed by atoms with Crippen LogP contribution in [0.2, 0.25) is 0 Å². The standard InChI is InChI=1S/C12H15N3O4/c16-9-2-1-5-15(7-9)12(19)14-8-3-4-10(11(17)18)13-6-8/h3-4,6,9,16H,1-2,5,7H2,(H,14,19)(H,17,18). The third-order valence-corrected chi connectivity index (χ3v) is 2.92. The summed E-state index contributed by atoms with van der Waals surface area (Å²) in [6.45, 7) is 0.913. The first-order valence-electron chi connectivity index (χ1n) is 5.99. The monoisotopic (exact) mass is 265 g/mol. The highest BCUT2D eigenvalue weighted by atomic mass is 16.4. The Morgan fingerprint density at radius 1 is 1.42 bits per heavy atom. The van der Waals surface area contributed by atoms with Crippen molar-refractivity contribution in [3.63, 3.8) is 0 Å². The largest absolute Gasteiger partial charge is 0.477 e. The predicted octanol–water partition coefficient (Wildman–Crippen LogP) is 0.768. The molecule has 102 valence electrons. The van der Waals surface area contributed by atoms with Gasteiger partial charge in [-0.05, 0) is 25.0 Å². The highest BCUT2D eigenvalue weighted by Gasteiger charge is 2.22. The van der Waals surface area contributed by atoms with Crippen molar-refractivity contribution in [1.29, 1.82) is 0 Å². The Morgan fingerprint density at radius 3 is 2.79 bits per heavy atom. The van der Waals surface area contributed by atoms with Crippen molar-refractivity contribution in [2.24, 2.45) is 0 Å². The first kappa shape index (κ1) is 13.3. The smallest absolute Gasteiger partial charge is 0.354 e. The van der Waals surface area contributed by atoms with E-state index in [2.05, 4.69) is 10.3 Å². The van der Waals surface area contributed by atoms with Crippen LogP contribution in [0.5, 0.6) is 0 Å². The number of aliphatic hydroxyl groups excluding tert-OH is 1. The number of β-amino-alcohol motifs (C(OH)–C–C–N with tert-alkyl or cyclic N) is 1. The number of amides is 2. The number of nitrogens with zero attached hydrogens (tertiary/aromatic N) is 2. The number of carbonyl (C=O) groups excluding carboxylic acids is 1. The van der Waals surface area contributed by atoms with E-state index >= 15 is 0 Å².